The fourth-order valence-corrected chi connectivity index (χ4v) is 1.48. The molecule has 0 radical (unpaired) electrons. The Kier molecular flexibility index (Phi) is 7.50. The first-order valence-electron chi connectivity index (χ1n) is 6.03. The van der Waals surface area contributed by atoms with Gasteiger partial charge in [-0.1, -0.05) is 13.8 Å². The number of ether oxygens (including phenoxy) is 1. The lowest BCUT2D eigenvalue weighted by molar-refractivity contribution is -0.890. The number of quaternary nitrogens is 1. The van der Waals surface area contributed by atoms with Crippen molar-refractivity contribution >= 4 is 16.4 Å². The van der Waals surface area contributed by atoms with Crippen molar-refractivity contribution in [1.82, 2.24) is 0 Å². The lowest BCUT2D eigenvalue weighted by atomic mass is 10.2. The summed E-state index contributed by atoms with van der Waals surface area (Å²) < 4.78 is 36.2. The van der Waals surface area contributed by atoms with E-state index >= 15 is 0 Å². The van der Waals surface area contributed by atoms with Crippen LogP contribution < -0.4 is 0 Å². The second kappa shape index (κ2) is 7.78. The molecule has 0 aromatic heterocycles. The summed E-state index contributed by atoms with van der Waals surface area (Å²) in [6, 6.07) is 0. The molecule has 8 heteroatoms. The van der Waals surface area contributed by atoms with Gasteiger partial charge < -0.3 is 9.22 Å². The monoisotopic (exact) mass is 298 g/mol. The standard InChI is InChI=1S/C11H24NO6S/c1-10(2)11(13)17-8-6-12(3,4)7-9-18-19(14,15)16-5/h10H,6-9H2,1-5H3/q+1. The Morgan fingerprint density at radius 3 is 2.16 bits per heavy atom. The van der Waals surface area contributed by atoms with Crippen molar-refractivity contribution < 1.29 is 30.8 Å². The second-order valence-electron chi connectivity index (χ2n) is 5.10. The number of carbonyl (C=O) groups excluding carboxylic acids is 1. The molecule has 0 heterocycles. The molecule has 0 aromatic carbocycles. The number of hydrogen-bond acceptors (Lipinski definition) is 6. The van der Waals surface area contributed by atoms with Gasteiger partial charge in [-0.3, -0.25) is 8.98 Å². The summed E-state index contributed by atoms with van der Waals surface area (Å²) in [5, 5.41) is 0. The van der Waals surface area contributed by atoms with E-state index in [9.17, 15) is 13.2 Å². The molecule has 0 atom stereocenters. The van der Waals surface area contributed by atoms with Gasteiger partial charge in [0.1, 0.15) is 26.3 Å². The summed E-state index contributed by atoms with van der Waals surface area (Å²) in [4.78, 5) is 11.3. The zero-order valence-corrected chi connectivity index (χ0v) is 13.0. The molecule has 0 bridgehead atoms. The first-order chi connectivity index (χ1) is 8.59. The van der Waals surface area contributed by atoms with Crippen LogP contribution in [0.2, 0.25) is 0 Å². The zero-order chi connectivity index (χ0) is 15.1. The molecule has 0 rings (SSSR count). The van der Waals surface area contributed by atoms with Gasteiger partial charge in [-0.15, -0.1) is 0 Å². The van der Waals surface area contributed by atoms with Crippen LogP contribution in [0.25, 0.3) is 0 Å². The van der Waals surface area contributed by atoms with E-state index in [-0.39, 0.29) is 18.5 Å². The minimum Gasteiger partial charge on any atom is -0.459 e. The fraction of sp³-hybridized carbons (Fsp3) is 0.909. The maximum absolute atomic E-state index is 11.3. The Morgan fingerprint density at radius 1 is 1.16 bits per heavy atom. The summed E-state index contributed by atoms with van der Waals surface area (Å²) in [5.74, 6) is -0.385. The van der Waals surface area contributed by atoms with Crippen LogP contribution in [-0.2, 0) is 28.3 Å². The molecule has 0 spiro atoms. The Bertz CT molecular complexity index is 377. The molecule has 0 N–H and O–H groups in total. The Morgan fingerprint density at radius 2 is 1.68 bits per heavy atom. The third-order valence-corrected chi connectivity index (χ3v) is 3.40. The van der Waals surface area contributed by atoms with Crippen LogP contribution in [0.4, 0.5) is 0 Å². The van der Waals surface area contributed by atoms with Crippen molar-refractivity contribution in [2.24, 2.45) is 5.92 Å². The average molecular weight is 298 g/mol. The SMILES string of the molecule is COS(=O)(=O)OCC[N+](C)(C)CCOC(=O)C(C)C. The summed E-state index contributed by atoms with van der Waals surface area (Å²) in [7, 11) is 0.950. The number of rotatable bonds is 9. The zero-order valence-electron chi connectivity index (χ0n) is 12.2. The number of esters is 1. The molecule has 0 saturated heterocycles. The third kappa shape index (κ3) is 8.93. The quantitative estimate of drug-likeness (QED) is 0.446. The highest BCUT2D eigenvalue weighted by Gasteiger charge is 2.19. The fourth-order valence-electron chi connectivity index (χ4n) is 1.11. The van der Waals surface area contributed by atoms with Gasteiger partial charge in [0.25, 0.3) is 0 Å². The van der Waals surface area contributed by atoms with Gasteiger partial charge in [0.15, 0.2) is 0 Å². The van der Waals surface area contributed by atoms with Crippen LogP contribution in [0.5, 0.6) is 0 Å². The Hall–Kier alpha value is -0.700. The summed E-state index contributed by atoms with van der Waals surface area (Å²) in [5.41, 5.74) is 0. The first-order valence-corrected chi connectivity index (χ1v) is 7.36. The predicted molar refractivity (Wildman–Crippen MR) is 69.5 cm³/mol. The van der Waals surface area contributed by atoms with Crippen LogP contribution in [0, 0.1) is 5.92 Å². The normalized spacial score (nSPS) is 12.7. The third-order valence-electron chi connectivity index (χ3n) is 2.54. The first kappa shape index (κ1) is 18.3. The van der Waals surface area contributed by atoms with E-state index in [2.05, 4.69) is 8.37 Å². The largest absolute Gasteiger partial charge is 0.459 e. The number of nitrogens with zero attached hydrogens (tertiary/aromatic N) is 1. The van der Waals surface area contributed by atoms with E-state index in [1.54, 1.807) is 13.8 Å². The summed E-state index contributed by atoms with van der Waals surface area (Å²) in [6.07, 6.45) is 0. The van der Waals surface area contributed by atoms with E-state index in [4.69, 9.17) is 4.74 Å². The highest BCUT2D eigenvalue weighted by molar-refractivity contribution is 7.81. The van der Waals surface area contributed by atoms with Crippen LogP contribution in [0.15, 0.2) is 0 Å². The number of hydrogen-bond donors (Lipinski definition) is 0. The van der Waals surface area contributed by atoms with Gasteiger partial charge in [0.05, 0.1) is 27.1 Å². The van der Waals surface area contributed by atoms with Crippen LogP contribution in [-0.4, -0.2) is 66.4 Å². The van der Waals surface area contributed by atoms with Crippen LogP contribution in [0.1, 0.15) is 13.8 Å². The van der Waals surface area contributed by atoms with Crippen LogP contribution >= 0.6 is 0 Å². The van der Waals surface area contributed by atoms with Gasteiger partial charge in [-0.25, -0.2) is 4.18 Å². The van der Waals surface area contributed by atoms with E-state index in [1.165, 1.54) is 0 Å². The number of likely N-dealkylation sites (N-methyl/N-ethyl adjacent to an activating group) is 1. The van der Waals surface area contributed by atoms with Gasteiger partial charge >= 0.3 is 16.4 Å². The molecular weight excluding hydrogens is 274 g/mol. The van der Waals surface area contributed by atoms with Crippen LogP contribution in [0.3, 0.4) is 0 Å². The highest BCUT2D eigenvalue weighted by atomic mass is 32.3. The van der Waals surface area contributed by atoms with Gasteiger partial charge in [0, 0.05) is 0 Å². The molecule has 7 nitrogen and oxygen atoms in total. The van der Waals surface area contributed by atoms with E-state index in [0.717, 1.165) is 7.11 Å². The summed E-state index contributed by atoms with van der Waals surface area (Å²) >= 11 is 0. The molecular formula is C11H24NO6S+. The average Bonchev–Trinajstić information content (AvgIpc) is 2.27. The van der Waals surface area contributed by atoms with E-state index in [1.807, 2.05) is 14.1 Å². The second-order valence-corrected chi connectivity index (χ2v) is 6.49. The minimum absolute atomic E-state index is 0.0152. The summed E-state index contributed by atoms with van der Waals surface area (Å²) in [6.45, 7) is 4.89. The topological polar surface area (TPSA) is 78.9 Å². The molecule has 0 saturated carbocycles. The highest BCUT2D eigenvalue weighted by Crippen LogP contribution is 2.01. The molecule has 0 aliphatic heterocycles. The van der Waals surface area contributed by atoms with Crippen molar-refractivity contribution in [3.05, 3.63) is 0 Å². The van der Waals surface area contributed by atoms with Crippen molar-refractivity contribution in [3.8, 4) is 0 Å². The molecule has 0 aliphatic rings. The Labute approximate surface area is 115 Å². The maximum Gasteiger partial charge on any atom is 0.399 e. The van der Waals surface area contributed by atoms with E-state index in [0.29, 0.717) is 24.2 Å². The molecule has 0 fully saturated rings. The Balaban J connectivity index is 3.96. The molecule has 0 unspecified atom stereocenters. The van der Waals surface area contributed by atoms with Crippen molar-refractivity contribution in [3.63, 3.8) is 0 Å². The van der Waals surface area contributed by atoms with Crippen molar-refractivity contribution in [2.75, 3.05) is 47.5 Å². The molecule has 0 aromatic rings. The lowest BCUT2D eigenvalue weighted by Gasteiger charge is -2.29. The maximum atomic E-state index is 11.3. The predicted octanol–water partition coefficient (Wildman–Crippen LogP) is 0.170. The number of carbonyl (C=O) groups is 1. The lowest BCUT2D eigenvalue weighted by Crippen LogP contribution is -2.45. The van der Waals surface area contributed by atoms with Gasteiger partial charge in [-0.2, -0.15) is 8.42 Å². The molecule has 0 amide bonds. The van der Waals surface area contributed by atoms with Gasteiger partial charge in [-0.05, 0) is 0 Å². The molecule has 114 valence electrons. The van der Waals surface area contributed by atoms with Gasteiger partial charge in [0.2, 0.25) is 0 Å². The van der Waals surface area contributed by atoms with Crippen molar-refractivity contribution in [2.45, 2.75) is 13.8 Å². The smallest absolute Gasteiger partial charge is 0.399 e. The van der Waals surface area contributed by atoms with E-state index < -0.39 is 10.4 Å². The molecule has 0 aliphatic carbocycles. The minimum atomic E-state index is -3.88. The molecule has 19 heavy (non-hydrogen) atoms. The van der Waals surface area contributed by atoms with Crippen molar-refractivity contribution in [1.29, 1.82) is 0 Å².